The molecule has 1 unspecified atom stereocenters. The van der Waals surface area contributed by atoms with Gasteiger partial charge < -0.3 is 5.11 Å². The summed E-state index contributed by atoms with van der Waals surface area (Å²) >= 11 is 3.73. The molecule has 4 heteroatoms. The van der Waals surface area contributed by atoms with Gasteiger partial charge in [0.05, 0.1) is 11.4 Å². The first-order valence-corrected chi connectivity index (χ1v) is 9.90. The van der Waals surface area contributed by atoms with Crippen LogP contribution in [0.4, 0.5) is 11.4 Å². The third-order valence-electron chi connectivity index (χ3n) is 3.97. The number of rotatable bonds is 11. The van der Waals surface area contributed by atoms with Crippen LogP contribution in [0.3, 0.4) is 0 Å². The third-order valence-corrected chi connectivity index (χ3v) is 4.89. The molecule has 0 saturated heterocycles. The van der Waals surface area contributed by atoms with Gasteiger partial charge in [0.15, 0.2) is 0 Å². The molecule has 0 amide bonds. The molecule has 0 aliphatic carbocycles. The quantitative estimate of drug-likeness (QED) is 0.219. The van der Waals surface area contributed by atoms with Crippen molar-refractivity contribution >= 4 is 33.5 Å². The van der Waals surface area contributed by atoms with Crippen LogP contribution in [0.15, 0.2) is 65.8 Å². The van der Waals surface area contributed by atoms with Crippen LogP contribution in [0.1, 0.15) is 38.5 Å². The molecular weight excluding hydrogens is 376 g/mol. The molecule has 0 spiro atoms. The van der Waals surface area contributed by atoms with Crippen LogP contribution in [-0.4, -0.2) is 22.8 Å². The Hall–Kier alpha value is -1.65. The first-order chi connectivity index (χ1) is 12.3. The zero-order valence-corrected chi connectivity index (χ0v) is 16.2. The topological polar surface area (TPSA) is 35.8 Å². The Morgan fingerprint density at radius 2 is 1.44 bits per heavy atom. The normalized spacial score (nSPS) is 12.4. The van der Waals surface area contributed by atoms with E-state index < -0.39 is 0 Å². The zero-order chi connectivity index (χ0) is 17.7. The Balaban J connectivity index is 1.86. The Bertz CT molecular complexity index is 564. The monoisotopic (exact) mass is 402 g/mol. The van der Waals surface area contributed by atoms with E-state index in [0.29, 0.717) is 11.4 Å². The molecule has 0 fully saturated rings. The summed E-state index contributed by atoms with van der Waals surface area (Å²) in [6.07, 6.45) is 8.30. The maximum absolute atomic E-state index is 8.83. The molecule has 2 rings (SSSR count). The van der Waals surface area contributed by atoms with Gasteiger partial charge in [-0.3, -0.25) is 0 Å². The summed E-state index contributed by atoms with van der Waals surface area (Å²) in [5.41, 5.74) is 2.12. The Morgan fingerprint density at radius 3 is 2.00 bits per heavy atom. The molecule has 134 valence electrons. The molecule has 0 heterocycles. The molecule has 25 heavy (non-hydrogen) atoms. The summed E-state index contributed by atoms with van der Waals surface area (Å²) in [6.45, 7) is 0.293. The second-order valence-electron chi connectivity index (χ2n) is 6.03. The van der Waals surface area contributed by atoms with E-state index in [-0.39, 0.29) is 0 Å². The number of aliphatic hydroxyl groups excluding tert-OH is 1. The van der Waals surface area contributed by atoms with E-state index in [9.17, 15) is 0 Å². The fourth-order valence-corrected chi connectivity index (χ4v) is 3.26. The van der Waals surface area contributed by atoms with Gasteiger partial charge in [-0.2, -0.15) is 5.10 Å². The van der Waals surface area contributed by atoms with Crippen molar-refractivity contribution in [2.45, 2.75) is 43.4 Å². The Labute approximate surface area is 159 Å². The van der Waals surface area contributed by atoms with Gasteiger partial charge in [-0.25, -0.2) is 5.01 Å². The highest BCUT2D eigenvalue weighted by Crippen LogP contribution is 2.25. The SMILES string of the molecule is OCCCCC(Br)CCC/C=N/N(c1ccccc1)c1ccccc1. The number of alkyl halides is 1. The fraction of sp³-hybridized carbons (Fsp3) is 0.381. The van der Waals surface area contributed by atoms with Crippen molar-refractivity contribution in [2.75, 3.05) is 11.6 Å². The highest BCUT2D eigenvalue weighted by molar-refractivity contribution is 9.09. The van der Waals surface area contributed by atoms with Crippen LogP contribution in [0, 0.1) is 0 Å². The van der Waals surface area contributed by atoms with Gasteiger partial charge >= 0.3 is 0 Å². The molecule has 0 saturated carbocycles. The molecule has 0 aromatic heterocycles. The Morgan fingerprint density at radius 1 is 0.880 bits per heavy atom. The maximum atomic E-state index is 8.83. The summed E-state index contributed by atoms with van der Waals surface area (Å²) in [6, 6.07) is 20.4. The van der Waals surface area contributed by atoms with Gasteiger partial charge in [0.1, 0.15) is 0 Å². The minimum absolute atomic E-state index is 0.293. The number of hydrogen-bond acceptors (Lipinski definition) is 3. The zero-order valence-electron chi connectivity index (χ0n) is 14.6. The molecule has 1 atom stereocenters. The van der Waals surface area contributed by atoms with Gasteiger partial charge in [0, 0.05) is 17.6 Å². The van der Waals surface area contributed by atoms with Crippen molar-refractivity contribution in [3.63, 3.8) is 0 Å². The first-order valence-electron chi connectivity index (χ1n) is 8.99. The van der Waals surface area contributed by atoms with Crippen LogP contribution < -0.4 is 5.01 Å². The van der Waals surface area contributed by atoms with E-state index in [2.05, 4.69) is 40.2 Å². The summed E-state index contributed by atoms with van der Waals surface area (Å²) in [5, 5.41) is 15.5. The minimum atomic E-state index is 0.293. The van der Waals surface area contributed by atoms with Crippen LogP contribution in [0.25, 0.3) is 0 Å². The van der Waals surface area contributed by atoms with Crippen LogP contribution in [0.5, 0.6) is 0 Å². The van der Waals surface area contributed by atoms with Crippen molar-refractivity contribution in [3.8, 4) is 0 Å². The lowest BCUT2D eigenvalue weighted by Gasteiger charge is -2.19. The second kappa shape index (κ2) is 11.8. The number of anilines is 2. The lowest BCUT2D eigenvalue weighted by molar-refractivity contribution is 0.283. The van der Waals surface area contributed by atoms with E-state index in [1.807, 2.05) is 47.6 Å². The van der Waals surface area contributed by atoms with Crippen LogP contribution in [-0.2, 0) is 0 Å². The van der Waals surface area contributed by atoms with Gasteiger partial charge in [-0.1, -0.05) is 58.7 Å². The van der Waals surface area contributed by atoms with Crippen molar-refractivity contribution in [1.82, 2.24) is 0 Å². The van der Waals surface area contributed by atoms with Gasteiger partial charge in [-0.05, 0) is 56.4 Å². The van der Waals surface area contributed by atoms with Crippen molar-refractivity contribution in [1.29, 1.82) is 0 Å². The first kappa shape index (κ1) is 19.7. The molecule has 2 aromatic rings. The highest BCUT2D eigenvalue weighted by Gasteiger charge is 2.06. The van der Waals surface area contributed by atoms with Crippen LogP contribution >= 0.6 is 15.9 Å². The molecule has 3 nitrogen and oxygen atoms in total. The van der Waals surface area contributed by atoms with Crippen molar-refractivity contribution in [2.24, 2.45) is 5.10 Å². The third kappa shape index (κ3) is 7.41. The number of hydrazone groups is 1. The average Bonchev–Trinajstić information content (AvgIpc) is 2.66. The van der Waals surface area contributed by atoms with Crippen molar-refractivity contribution < 1.29 is 5.11 Å². The average molecular weight is 403 g/mol. The highest BCUT2D eigenvalue weighted by atomic mass is 79.9. The maximum Gasteiger partial charge on any atom is 0.0652 e. The molecule has 2 aromatic carbocycles. The number of nitrogens with zero attached hydrogens (tertiary/aromatic N) is 2. The summed E-state index contributed by atoms with van der Waals surface area (Å²) < 4.78 is 0. The number of benzene rings is 2. The standard InChI is InChI=1S/C21H27BrN2O/c22-19(12-8-10-18-25)11-7-9-17-23-24(20-13-3-1-4-14-20)21-15-5-2-6-16-21/h1-6,13-17,19,25H,7-12,18H2/b23-17+. The number of halogens is 1. The van der Waals surface area contributed by atoms with Gasteiger partial charge in [-0.15, -0.1) is 0 Å². The van der Waals surface area contributed by atoms with E-state index >= 15 is 0 Å². The number of aliphatic hydroxyl groups is 1. The van der Waals surface area contributed by atoms with Crippen LogP contribution in [0.2, 0.25) is 0 Å². The fourth-order valence-electron chi connectivity index (χ4n) is 2.61. The molecular formula is C21H27BrN2O. The second-order valence-corrected chi connectivity index (χ2v) is 7.32. The number of para-hydroxylation sites is 2. The van der Waals surface area contributed by atoms with Gasteiger partial charge in [0.25, 0.3) is 0 Å². The molecule has 0 radical (unpaired) electrons. The van der Waals surface area contributed by atoms with E-state index in [4.69, 9.17) is 10.2 Å². The van der Waals surface area contributed by atoms with Gasteiger partial charge in [0.2, 0.25) is 0 Å². The summed E-state index contributed by atoms with van der Waals surface area (Å²) in [7, 11) is 0. The smallest absolute Gasteiger partial charge is 0.0652 e. The number of unbranched alkanes of at least 4 members (excludes halogenated alkanes) is 2. The van der Waals surface area contributed by atoms with E-state index in [1.165, 1.54) is 0 Å². The summed E-state index contributed by atoms with van der Waals surface area (Å²) in [4.78, 5) is 0.534. The number of hydrogen-bond donors (Lipinski definition) is 1. The van der Waals surface area contributed by atoms with E-state index in [0.717, 1.165) is 49.9 Å². The molecule has 1 N–H and O–H groups in total. The molecule has 0 aliphatic heterocycles. The predicted octanol–water partition coefficient (Wildman–Crippen LogP) is 5.91. The lowest BCUT2D eigenvalue weighted by atomic mass is 10.1. The largest absolute Gasteiger partial charge is 0.396 e. The Kier molecular flexibility index (Phi) is 9.31. The predicted molar refractivity (Wildman–Crippen MR) is 111 cm³/mol. The molecule has 0 aliphatic rings. The lowest BCUT2D eigenvalue weighted by Crippen LogP contribution is -2.09. The van der Waals surface area contributed by atoms with E-state index in [1.54, 1.807) is 0 Å². The molecule has 0 bridgehead atoms. The summed E-state index contributed by atoms with van der Waals surface area (Å²) in [5.74, 6) is 0. The minimum Gasteiger partial charge on any atom is -0.396 e. The van der Waals surface area contributed by atoms with Crippen molar-refractivity contribution in [3.05, 3.63) is 60.7 Å².